The Kier molecular flexibility index (Phi) is 3.77. The van der Waals surface area contributed by atoms with Crippen molar-refractivity contribution in [3.8, 4) is 0 Å². The molecule has 90 valence electrons. The SMILES string of the molecule is CC(C)OCC(O)c1ccc2ccccc2c1. The highest BCUT2D eigenvalue weighted by Gasteiger charge is 2.09. The first-order valence-electron chi connectivity index (χ1n) is 5.95. The topological polar surface area (TPSA) is 29.5 Å². The molecule has 2 aromatic carbocycles. The number of aliphatic hydroxyl groups is 1. The maximum atomic E-state index is 10.0. The van der Waals surface area contributed by atoms with Crippen molar-refractivity contribution in [3.63, 3.8) is 0 Å². The van der Waals surface area contributed by atoms with Gasteiger partial charge in [-0.2, -0.15) is 0 Å². The van der Waals surface area contributed by atoms with Gasteiger partial charge in [0, 0.05) is 0 Å². The van der Waals surface area contributed by atoms with Crippen molar-refractivity contribution >= 4 is 10.8 Å². The van der Waals surface area contributed by atoms with Gasteiger partial charge in [-0.25, -0.2) is 0 Å². The van der Waals surface area contributed by atoms with Crippen molar-refractivity contribution in [2.24, 2.45) is 0 Å². The molecule has 2 rings (SSSR count). The highest BCUT2D eigenvalue weighted by atomic mass is 16.5. The Hall–Kier alpha value is -1.38. The van der Waals surface area contributed by atoms with Gasteiger partial charge in [-0.1, -0.05) is 36.4 Å². The van der Waals surface area contributed by atoms with Crippen LogP contribution in [0.25, 0.3) is 10.8 Å². The van der Waals surface area contributed by atoms with Crippen molar-refractivity contribution in [2.75, 3.05) is 6.61 Å². The monoisotopic (exact) mass is 230 g/mol. The highest BCUT2D eigenvalue weighted by molar-refractivity contribution is 5.83. The molecule has 0 aliphatic rings. The molecule has 0 aliphatic carbocycles. The summed E-state index contributed by atoms with van der Waals surface area (Å²) in [4.78, 5) is 0. The standard InChI is InChI=1S/C15H18O2/c1-11(2)17-10-15(16)14-8-7-12-5-3-4-6-13(12)9-14/h3-9,11,15-16H,10H2,1-2H3. The minimum Gasteiger partial charge on any atom is -0.386 e. The molecule has 0 radical (unpaired) electrons. The van der Waals surface area contributed by atoms with Crippen LogP contribution in [0.15, 0.2) is 42.5 Å². The Balaban J connectivity index is 2.18. The molecule has 0 amide bonds. The molecule has 0 heterocycles. The zero-order valence-corrected chi connectivity index (χ0v) is 10.3. The van der Waals surface area contributed by atoms with E-state index in [0.29, 0.717) is 6.61 Å². The summed E-state index contributed by atoms with van der Waals surface area (Å²) in [6, 6.07) is 14.1. The second-order valence-corrected chi connectivity index (χ2v) is 4.50. The summed E-state index contributed by atoms with van der Waals surface area (Å²) in [6.07, 6.45) is -0.410. The minimum atomic E-state index is -0.554. The van der Waals surface area contributed by atoms with Gasteiger partial charge in [0.25, 0.3) is 0 Å². The van der Waals surface area contributed by atoms with E-state index < -0.39 is 6.10 Å². The summed E-state index contributed by atoms with van der Waals surface area (Å²) in [7, 11) is 0. The first kappa shape index (κ1) is 12.1. The molecule has 0 spiro atoms. The fourth-order valence-electron chi connectivity index (χ4n) is 1.79. The predicted molar refractivity (Wildman–Crippen MR) is 70.0 cm³/mol. The Morgan fingerprint density at radius 1 is 1.06 bits per heavy atom. The highest BCUT2D eigenvalue weighted by Crippen LogP contribution is 2.20. The molecule has 0 fully saturated rings. The number of fused-ring (bicyclic) bond motifs is 1. The first-order chi connectivity index (χ1) is 8.16. The average Bonchev–Trinajstić information content (AvgIpc) is 2.35. The molecule has 17 heavy (non-hydrogen) atoms. The molecule has 2 aromatic rings. The summed E-state index contributed by atoms with van der Waals surface area (Å²) >= 11 is 0. The minimum absolute atomic E-state index is 0.144. The van der Waals surface area contributed by atoms with Gasteiger partial charge in [0.05, 0.1) is 12.7 Å². The van der Waals surface area contributed by atoms with Crippen LogP contribution in [0.3, 0.4) is 0 Å². The number of aliphatic hydroxyl groups excluding tert-OH is 1. The van der Waals surface area contributed by atoms with Crippen molar-refractivity contribution in [1.29, 1.82) is 0 Å². The number of ether oxygens (including phenoxy) is 1. The van der Waals surface area contributed by atoms with E-state index in [1.54, 1.807) is 0 Å². The summed E-state index contributed by atoms with van der Waals surface area (Å²) in [5.41, 5.74) is 0.907. The van der Waals surface area contributed by atoms with Gasteiger partial charge in [-0.3, -0.25) is 0 Å². The van der Waals surface area contributed by atoms with Gasteiger partial charge < -0.3 is 9.84 Å². The lowest BCUT2D eigenvalue weighted by atomic mass is 10.0. The summed E-state index contributed by atoms with van der Waals surface area (Å²) in [5.74, 6) is 0. The summed E-state index contributed by atoms with van der Waals surface area (Å²) in [5, 5.41) is 12.3. The first-order valence-corrected chi connectivity index (χ1v) is 5.95. The third kappa shape index (κ3) is 3.05. The third-order valence-corrected chi connectivity index (χ3v) is 2.75. The van der Waals surface area contributed by atoms with E-state index in [0.717, 1.165) is 10.9 Å². The normalized spacial score (nSPS) is 13.2. The van der Waals surface area contributed by atoms with Gasteiger partial charge in [0.1, 0.15) is 6.10 Å². The van der Waals surface area contributed by atoms with Gasteiger partial charge in [0.15, 0.2) is 0 Å². The lowest BCUT2D eigenvalue weighted by Gasteiger charge is -2.14. The van der Waals surface area contributed by atoms with Crippen LogP contribution in [0.1, 0.15) is 25.5 Å². The van der Waals surface area contributed by atoms with Crippen molar-refractivity contribution in [3.05, 3.63) is 48.0 Å². The van der Waals surface area contributed by atoms with E-state index in [4.69, 9.17) is 4.74 Å². The second kappa shape index (κ2) is 5.30. The number of benzene rings is 2. The summed E-state index contributed by atoms with van der Waals surface area (Å²) < 4.78 is 5.42. The molecule has 2 nitrogen and oxygen atoms in total. The van der Waals surface area contributed by atoms with Crippen molar-refractivity contribution in [1.82, 2.24) is 0 Å². The van der Waals surface area contributed by atoms with Crippen LogP contribution >= 0.6 is 0 Å². The number of hydrogen-bond donors (Lipinski definition) is 1. The van der Waals surface area contributed by atoms with E-state index in [2.05, 4.69) is 12.1 Å². The molecule has 0 bridgehead atoms. The van der Waals surface area contributed by atoms with Crippen LogP contribution in [0.5, 0.6) is 0 Å². The van der Waals surface area contributed by atoms with Crippen LogP contribution < -0.4 is 0 Å². The maximum absolute atomic E-state index is 10.0. The Labute approximate surface area is 102 Å². The molecule has 0 saturated heterocycles. The van der Waals surface area contributed by atoms with E-state index in [9.17, 15) is 5.11 Å². The molecule has 1 unspecified atom stereocenters. The fourth-order valence-corrected chi connectivity index (χ4v) is 1.79. The number of hydrogen-bond acceptors (Lipinski definition) is 2. The molecule has 0 aliphatic heterocycles. The van der Waals surface area contributed by atoms with Crippen LogP contribution in [-0.2, 0) is 4.74 Å². The maximum Gasteiger partial charge on any atom is 0.102 e. The zero-order chi connectivity index (χ0) is 12.3. The van der Waals surface area contributed by atoms with Crippen LogP contribution in [0.4, 0.5) is 0 Å². The van der Waals surface area contributed by atoms with E-state index in [-0.39, 0.29) is 6.10 Å². The van der Waals surface area contributed by atoms with Gasteiger partial charge in [-0.15, -0.1) is 0 Å². The molecular weight excluding hydrogens is 212 g/mol. The summed E-state index contributed by atoms with van der Waals surface area (Å²) in [6.45, 7) is 4.27. The van der Waals surface area contributed by atoms with E-state index in [1.807, 2.05) is 44.2 Å². The third-order valence-electron chi connectivity index (χ3n) is 2.75. The van der Waals surface area contributed by atoms with E-state index in [1.165, 1.54) is 5.39 Å². The Bertz CT molecular complexity index is 491. The predicted octanol–water partition coefficient (Wildman–Crippen LogP) is 3.30. The Morgan fingerprint density at radius 2 is 1.76 bits per heavy atom. The molecular formula is C15H18O2. The van der Waals surface area contributed by atoms with Gasteiger partial charge in [-0.05, 0) is 36.2 Å². The van der Waals surface area contributed by atoms with Crippen LogP contribution in [0, 0.1) is 0 Å². The quantitative estimate of drug-likeness (QED) is 0.873. The molecule has 0 saturated carbocycles. The average molecular weight is 230 g/mol. The lowest BCUT2D eigenvalue weighted by molar-refractivity contribution is 0.00498. The number of rotatable bonds is 4. The Morgan fingerprint density at radius 3 is 2.47 bits per heavy atom. The lowest BCUT2D eigenvalue weighted by Crippen LogP contribution is -2.11. The smallest absolute Gasteiger partial charge is 0.102 e. The molecule has 1 atom stereocenters. The van der Waals surface area contributed by atoms with Crippen molar-refractivity contribution < 1.29 is 9.84 Å². The fraction of sp³-hybridized carbons (Fsp3) is 0.333. The zero-order valence-electron chi connectivity index (χ0n) is 10.3. The van der Waals surface area contributed by atoms with E-state index >= 15 is 0 Å². The van der Waals surface area contributed by atoms with Crippen LogP contribution in [-0.4, -0.2) is 17.8 Å². The molecule has 1 N–H and O–H groups in total. The van der Waals surface area contributed by atoms with Crippen molar-refractivity contribution in [2.45, 2.75) is 26.1 Å². The molecule has 2 heteroatoms. The second-order valence-electron chi connectivity index (χ2n) is 4.50. The molecule has 0 aromatic heterocycles. The van der Waals surface area contributed by atoms with Gasteiger partial charge >= 0.3 is 0 Å². The van der Waals surface area contributed by atoms with Gasteiger partial charge in [0.2, 0.25) is 0 Å². The largest absolute Gasteiger partial charge is 0.386 e. The van der Waals surface area contributed by atoms with Crippen LogP contribution in [0.2, 0.25) is 0 Å².